The number of likely N-dealkylation sites (tertiary alicyclic amines) is 1. The quantitative estimate of drug-likeness (QED) is 0.590. The fourth-order valence-electron chi connectivity index (χ4n) is 2.83. The van der Waals surface area contributed by atoms with Gasteiger partial charge in [0, 0.05) is 6.04 Å². The van der Waals surface area contributed by atoms with E-state index in [4.69, 9.17) is 0 Å². The molecule has 0 bridgehead atoms. The predicted molar refractivity (Wildman–Crippen MR) is 49.0 cm³/mol. The minimum atomic E-state index is -0.0215. The van der Waals surface area contributed by atoms with Crippen LogP contribution in [0.3, 0.4) is 0 Å². The van der Waals surface area contributed by atoms with Crippen LogP contribution in [0, 0.1) is 5.92 Å². The Hall–Kier alpha value is -0.0800. The maximum atomic E-state index is 9.54. The molecule has 1 saturated carbocycles. The molecule has 3 atom stereocenters. The van der Waals surface area contributed by atoms with Crippen molar-refractivity contribution < 1.29 is 5.11 Å². The van der Waals surface area contributed by atoms with Crippen LogP contribution in [0.25, 0.3) is 0 Å². The molecule has 0 aromatic carbocycles. The van der Waals surface area contributed by atoms with Crippen LogP contribution in [0.15, 0.2) is 0 Å². The van der Waals surface area contributed by atoms with Crippen LogP contribution in [0.4, 0.5) is 0 Å². The van der Waals surface area contributed by atoms with Gasteiger partial charge in [0.1, 0.15) is 0 Å². The van der Waals surface area contributed by atoms with Crippen LogP contribution >= 0.6 is 0 Å². The van der Waals surface area contributed by atoms with Crippen molar-refractivity contribution in [1.82, 2.24) is 4.90 Å². The van der Waals surface area contributed by atoms with Gasteiger partial charge < -0.3 is 10.0 Å². The van der Waals surface area contributed by atoms with Gasteiger partial charge in [-0.25, -0.2) is 0 Å². The van der Waals surface area contributed by atoms with Gasteiger partial charge in [-0.2, -0.15) is 0 Å². The molecule has 0 aromatic rings. The van der Waals surface area contributed by atoms with E-state index in [0.29, 0.717) is 6.04 Å². The molecule has 1 aliphatic heterocycles. The zero-order valence-electron chi connectivity index (χ0n) is 7.87. The summed E-state index contributed by atoms with van der Waals surface area (Å²) in [5, 5.41) is 9.54. The number of fused-ring (bicyclic) bond motifs is 1. The highest BCUT2D eigenvalue weighted by atomic mass is 16.3. The van der Waals surface area contributed by atoms with Gasteiger partial charge in [0.2, 0.25) is 0 Å². The summed E-state index contributed by atoms with van der Waals surface area (Å²) in [7, 11) is 2.20. The molecule has 1 N–H and O–H groups in total. The molecular formula is C10H19NO. The van der Waals surface area contributed by atoms with E-state index in [9.17, 15) is 5.11 Å². The third kappa shape index (κ3) is 1.50. The summed E-state index contributed by atoms with van der Waals surface area (Å²) in [6, 6.07) is 0.683. The summed E-state index contributed by atoms with van der Waals surface area (Å²) in [5.41, 5.74) is 0. The molecule has 0 unspecified atom stereocenters. The summed E-state index contributed by atoms with van der Waals surface area (Å²) in [5.74, 6) is 0.882. The van der Waals surface area contributed by atoms with E-state index in [2.05, 4.69) is 11.9 Å². The van der Waals surface area contributed by atoms with Gasteiger partial charge >= 0.3 is 0 Å². The Morgan fingerprint density at radius 1 is 1.25 bits per heavy atom. The number of rotatable bonds is 0. The van der Waals surface area contributed by atoms with Crippen LogP contribution in [-0.2, 0) is 0 Å². The standard InChI is InChI=1S/C10H19NO/c1-11-6-2-3-8-4-5-9(12)7-10(8)11/h8-10,12H,2-7H2,1H3/t8-,9+,10+/m0/s1. The van der Waals surface area contributed by atoms with Crippen LogP contribution < -0.4 is 0 Å². The second-order valence-electron chi connectivity index (χ2n) is 4.42. The molecule has 1 aliphatic carbocycles. The Labute approximate surface area is 74.6 Å². The molecule has 1 heterocycles. The number of hydrogen-bond donors (Lipinski definition) is 1. The van der Waals surface area contributed by atoms with Gasteiger partial charge in [-0.1, -0.05) is 0 Å². The first-order chi connectivity index (χ1) is 5.77. The summed E-state index contributed by atoms with van der Waals surface area (Å²) < 4.78 is 0. The van der Waals surface area contributed by atoms with Gasteiger partial charge in [-0.15, -0.1) is 0 Å². The monoisotopic (exact) mass is 169 g/mol. The van der Waals surface area contributed by atoms with E-state index in [0.717, 1.165) is 18.8 Å². The molecular weight excluding hydrogens is 150 g/mol. The fraction of sp³-hybridized carbons (Fsp3) is 1.00. The molecule has 2 fully saturated rings. The minimum absolute atomic E-state index is 0.0215. The lowest BCUT2D eigenvalue weighted by Crippen LogP contribution is -2.47. The van der Waals surface area contributed by atoms with Crippen LogP contribution in [-0.4, -0.2) is 35.7 Å². The van der Waals surface area contributed by atoms with Crippen molar-refractivity contribution in [2.75, 3.05) is 13.6 Å². The second-order valence-corrected chi connectivity index (χ2v) is 4.42. The molecule has 2 heteroatoms. The maximum Gasteiger partial charge on any atom is 0.0555 e. The molecule has 2 aliphatic rings. The number of piperidine rings is 1. The fourth-order valence-corrected chi connectivity index (χ4v) is 2.83. The average molecular weight is 169 g/mol. The van der Waals surface area contributed by atoms with Crippen molar-refractivity contribution in [1.29, 1.82) is 0 Å². The molecule has 12 heavy (non-hydrogen) atoms. The maximum absolute atomic E-state index is 9.54. The molecule has 1 saturated heterocycles. The molecule has 2 rings (SSSR count). The van der Waals surface area contributed by atoms with E-state index >= 15 is 0 Å². The first kappa shape index (κ1) is 8.52. The number of nitrogens with zero attached hydrogens (tertiary/aromatic N) is 1. The van der Waals surface area contributed by atoms with Gasteiger partial charge in [0.25, 0.3) is 0 Å². The Morgan fingerprint density at radius 2 is 2.08 bits per heavy atom. The molecule has 70 valence electrons. The van der Waals surface area contributed by atoms with Crippen LogP contribution in [0.5, 0.6) is 0 Å². The van der Waals surface area contributed by atoms with Crippen molar-refractivity contribution in [2.24, 2.45) is 5.92 Å². The summed E-state index contributed by atoms with van der Waals surface area (Å²) >= 11 is 0. The van der Waals surface area contributed by atoms with Gasteiger partial charge in [-0.05, 0) is 51.6 Å². The van der Waals surface area contributed by atoms with Crippen LogP contribution in [0.2, 0.25) is 0 Å². The highest BCUT2D eigenvalue weighted by molar-refractivity contribution is 4.88. The Kier molecular flexibility index (Phi) is 2.37. The summed E-state index contributed by atoms with van der Waals surface area (Å²) in [6.45, 7) is 1.23. The molecule has 0 spiro atoms. The zero-order valence-corrected chi connectivity index (χ0v) is 7.87. The molecule has 0 radical (unpaired) electrons. The van der Waals surface area contributed by atoms with Crippen molar-refractivity contribution >= 4 is 0 Å². The lowest BCUT2D eigenvalue weighted by Gasteiger charge is -2.43. The Morgan fingerprint density at radius 3 is 2.92 bits per heavy atom. The molecule has 2 nitrogen and oxygen atoms in total. The van der Waals surface area contributed by atoms with E-state index in [-0.39, 0.29) is 6.10 Å². The Balaban J connectivity index is 2.00. The van der Waals surface area contributed by atoms with Crippen molar-refractivity contribution in [3.05, 3.63) is 0 Å². The van der Waals surface area contributed by atoms with Crippen molar-refractivity contribution in [3.8, 4) is 0 Å². The van der Waals surface area contributed by atoms with Gasteiger partial charge in [-0.3, -0.25) is 0 Å². The van der Waals surface area contributed by atoms with E-state index in [1.807, 2.05) is 0 Å². The first-order valence-electron chi connectivity index (χ1n) is 5.15. The van der Waals surface area contributed by atoms with Crippen molar-refractivity contribution in [3.63, 3.8) is 0 Å². The number of aliphatic hydroxyl groups is 1. The SMILES string of the molecule is CN1CCC[C@H]2CC[C@@H](O)C[C@H]21. The average Bonchev–Trinajstić information content (AvgIpc) is 2.07. The van der Waals surface area contributed by atoms with Crippen LogP contribution in [0.1, 0.15) is 32.1 Å². The lowest BCUT2D eigenvalue weighted by atomic mass is 9.77. The highest BCUT2D eigenvalue weighted by Gasteiger charge is 2.34. The number of aliphatic hydroxyl groups excluding tert-OH is 1. The molecule has 0 amide bonds. The van der Waals surface area contributed by atoms with E-state index in [1.54, 1.807) is 0 Å². The summed E-state index contributed by atoms with van der Waals surface area (Å²) in [6.07, 6.45) is 6.02. The predicted octanol–water partition coefficient (Wildman–Crippen LogP) is 1.24. The largest absolute Gasteiger partial charge is 0.393 e. The van der Waals surface area contributed by atoms with Gasteiger partial charge in [0.15, 0.2) is 0 Å². The van der Waals surface area contributed by atoms with Crippen molar-refractivity contribution in [2.45, 2.75) is 44.2 Å². The zero-order chi connectivity index (χ0) is 8.55. The number of hydrogen-bond acceptors (Lipinski definition) is 2. The van der Waals surface area contributed by atoms with Gasteiger partial charge in [0.05, 0.1) is 6.10 Å². The van der Waals surface area contributed by atoms with E-state index < -0.39 is 0 Å². The minimum Gasteiger partial charge on any atom is -0.393 e. The highest BCUT2D eigenvalue weighted by Crippen LogP contribution is 2.34. The Bertz CT molecular complexity index is 160. The topological polar surface area (TPSA) is 23.5 Å². The molecule has 0 aromatic heterocycles. The normalized spacial score (nSPS) is 44.0. The third-order valence-electron chi connectivity index (χ3n) is 3.58. The first-order valence-corrected chi connectivity index (χ1v) is 5.15. The smallest absolute Gasteiger partial charge is 0.0555 e. The summed E-state index contributed by atoms with van der Waals surface area (Å²) in [4.78, 5) is 2.44. The van der Waals surface area contributed by atoms with E-state index in [1.165, 1.54) is 25.8 Å². The lowest BCUT2D eigenvalue weighted by molar-refractivity contribution is 0.0147. The second kappa shape index (κ2) is 3.35. The third-order valence-corrected chi connectivity index (χ3v) is 3.58.